The predicted molar refractivity (Wildman–Crippen MR) is 107 cm³/mol. The summed E-state index contributed by atoms with van der Waals surface area (Å²) in [4.78, 5) is 13.0. The fourth-order valence-corrected chi connectivity index (χ4v) is 3.19. The Bertz CT molecular complexity index is 809. The standard InChI is InChI=1S/C19H26N6O3/c1-19(2,3)16-10-14(7-8-25(16)18(26)27)28-13-6-4-5-12(9-13)23-24-15(11-20)17(21)22/h4-6,9,14,16,23H,7-8,10H2,1-3H3,(H3,21,22)(H,26,27)/b24-15+. The predicted octanol–water partition coefficient (Wildman–Crippen LogP) is 2.85. The van der Waals surface area contributed by atoms with Crippen molar-refractivity contribution in [2.75, 3.05) is 12.0 Å². The molecule has 1 fully saturated rings. The Hall–Kier alpha value is -3.28. The maximum atomic E-state index is 11.5. The van der Waals surface area contributed by atoms with Crippen LogP contribution in [0.4, 0.5) is 10.5 Å². The molecular formula is C19H26N6O3. The maximum Gasteiger partial charge on any atom is 0.407 e. The van der Waals surface area contributed by atoms with Crippen LogP contribution in [0.15, 0.2) is 29.4 Å². The van der Waals surface area contributed by atoms with Crippen molar-refractivity contribution in [2.45, 2.75) is 45.8 Å². The Morgan fingerprint density at radius 1 is 1.50 bits per heavy atom. The number of anilines is 1. The zero-order chi connectivity index (χ0) is 20.9. The van der Waals surface area contributed by atoms with E-state index in [1.165, 1.54) is 4.90 Å². The van der Waals surface area contributed by atoms with Crippen molar-refractivity contribution >= 4 is 23.3 Å². The van der Waals surface area contributed by atoms with E-state index in [-0.39, 0.29) is 23.3 Å². The Balaban J connectivity index is 2.09. The summed E-state index contributed by atoms with van der Waals surface area (Å²) in [6.07, 6.45) is 0.207. The molecule has 9 nitrogen and oxygen atoms in total. The number of nitrogens with two attached hydrogens (primary N) is 1. The molecule has 0 bridgehead atoms. The topological polar surface area (TPSA) is 148 Å². The molecule has 0 saturated carbocycles. The summed E-state index contributed by atoms with van der Waals surface area (Å²) in [6.45, 7) is 6.51. The van der Waals surface area contributed by atoms with E-state index in [2.05, 4.69) is 10.5 Å². The summed E-state index contributed by atoms with van der Waals surface area (Å²) >= 11 is 0. The van der Waals surface area contributed by atoms with Crippen molar-refractivity contribution in [3.8, 4) is 11.8 Å². The van der Waals surface area contributed by atoms with Crippen molar-refractivity contribution in [1.29, 1.82) is 10.7 Å². The van der Waals surface area contributed by atoms with Gasteiger partial charge in [-0.05, 0) is 17.5 Å². The van der Waals surface area contributed by atoms with Crippen molar-refractivity contribution in [3.05, 3.63) is 24.3 Å². The quantitative estimate of drug-likeness (QED) is 0.347. The summed E-state index contributed by atoms with van der Waals surface area (Å²) < 4.78 is 6.09. The Morgan fingerprint density at radius 3 is 2.79 bits per heavy atom. The molecular weight excluding hydrogens is 360 g/mol. The van der Waals surface area contributed by atoms with Crippen LogP contribution in [0, 0.1) is 22.2 Å². The van der Waals surface area contributed by atoms with Gasteiger partial charge in [-0.1, -0.05) is 26.8 Å². The molecule has 1 aliphatic heterocycles. The first-order chi connectivity index (χ1) is 13.1. The first-order valence-corrected chi connectivity index (χ1v) is 8.96. The number of likely N-dealkylation sites (tertiary alicyclic amines) is 1. The average molecular weight is 386 g/mol. The number of carboxylic acid groups (broad SMARTS) is 1. The van der Waals surface area contributed by atoms with Gasteiger partial charge in [-0.3, -0.25) is 10.8 Å². The molecule has 1 saturated heterocycles. The van der Waals surface area contributed by atoms with Crippen LogP contribution in [0.3, 0.4) is 0 Å². The van der Waals surface area contributed by atoms with Crippen molar-refractivity contribution < 1.29 is 14.6 Å². The summed E-state index contributed by atoms with van der Waals surface area (Å²) in [5, 5.41) is 29.4. The fourth-order valence-electron chi connectivity index (χ4n) is 3.19. The number of hydrogen-bond acceptors (Lipinski definition) is 6. The lowest BCUT2D eigenvalue weighted by molar-refractivity contribution is 0.0130. The van der Waals surface area contributed by atoms with Crippen LogP contribution in [-0.2, 0) is 0 Å². The van der Waals surface area contributed by atoms with Gasteiger partial charge in [0, 0.05) is 31.5 Å². The third-order valence-corrected chi connectivity index (χ3v) is 4.59. The molecule has 0 spiro atoms. The van der Waals surface area contributed by atoms with E-state index in [4.69, 9.17) is 21.1 Å². The summed E-state index contributed by atoms with van der Waals surface area (Å²) in [6, 6.07) is 8.66. The Kier molecular flexibility index (Phi) is 6.46. The Morgan fingerprint density at radius 2 is 2.21 bits per heavy atom. The highest BCUT2D eigenvalue weighted by molar-refractivity contribution is 6.45. The van der Waals surface area contributed by atoms with Crippen molar-refractivity contribution in [1.82, 2.24) is 4.90 Å². The second-order valence-electron chi connectivity index (χ2n) is 7.75. The van der Waals surface area contributed by atoms with Crippen LogP contribution in [0.5, 0.6) is 5.75 Å². The fraction of sp³-hybridized carbons (Fsp3) is 0.474. The molecule has 5 N–H and O–H groups in total. The Labute approximate surface area is 164 Å². The lowest BCUT2D eigenvalue weighted by Crippen LogP contribution is -2.53. The smallest absolute Gasteiger partial charge is 0.407 e. The number of piperidine rings is 1. The van der Waals surface area contributed by atoms with Gasteiger partial charge in [0.05, 0.1) is 5.69 Å². The highest BCUT2D eigenvalue weighted by atomic mass is 16.5. The second kappa shape index (κ2) is 8.61. The first-order valence-electron chi connectivity index (χ1n) is 8.96. The molecule has 1 heterocycles. The number of benzene rings is 1. The molecule has 0 aliphatic carbocycles. The highest BCUT2D eigenvalue weighted by Gasteiger charge is 2.39. The minimum atomic E-state index is -0.902. The minimum Gasteiger partial charge on any atom is -0.490 e. The van der Waals surface area contributed by atoms with Gasteiger partial charge >= 0.3 is 6.09 Å². The highest BCUT2D eigenvalue weighted by Crippen LogP contribution is 2.34. The second-order valence-corrected chi connectivity index (χ2v) is 7.75. The number of amides is 1. The number of nitriles is 1. The molecule has 1 amide bonds. The third kappa shape index (κ3) is 5.36. The normalized spacial score (nSPS) is 20.2. The molecule has 0 radical (unpaired) electrons. The number of hydrogen-bond donors (Lipinski definition) is 4. The lowest BCUT2D eigenvalue weighted by atomic mass is 9.80. The van der Waals surface area contributed by atoms with Crippen LogP contribution in [-0.4, -0.2) is 46.3 Å². The summed E-state index contributed by atoms with van der Waals surface area (Å²) in [5.41, 5.74) is 8.13. The van der Waals surface area contributed by atoms with Crippen LogP contribution in [0.25, 0.3) is 0 Å². The van der Waals surface area contributed by atoms with E-state index in [0.29, 0.717) is 30.8 Å². The number of nitrogens with zero attached hydrogens (tertiary/aromatic N) is 3. The number of hydrazone groups is 1. The van der Waals surface area contributed by atoms with Crippen LogP contribution in [0.1, 0.15) is 33.6 Å². The minimum absolute atomic E-state index is 0.106. The molecule has 28 heavy (non-hydrogen) atoms. The van der Waals surface area contributed by atoms with Gasteiger partial charge in [-0.15, -0.1) is 0 Å². The van der Waals surface area contributed by atoms with E-state index in [1.807, 2.05) is 20.8 Å². The van der Waals surface area contributed by atoms with E-state index in [9.17, 15) is 9.90 Å². The van der Waals surface area contributed by atoms with Crippen LogP contribution >= 0.6 is 0 Å². The third-order valence-electron chi connectivity index (χ3n) is 4.59. The SMILES string of the molecule is CC(C)(C)C1CC(Oc2cccc(N/N=C(\C#N)C(=N)N)c2)CCN1C(=O)O. The summed E-state index contributed by atoms with van der Waals surface area (Å²) in [7, 11) is 0. The first kappa shape index (κ1) is 21.0. The molecule has 9 heteroatoms. The van der Waals surface area contributed by atoms with Gasteiger partial charge in [-0.2, -0.15) is 10.4 Å². The number of nitrogens with one attached hydrogen (secondary N) is 2. The number of rotatable bonds is 5. The number of amidine groups is 1. The molecule has 2 unspecified atom stereocenters. The monoisotopic (exact) mass is 386 g/mol. The van der Waals surface area contributed by atoms with Gasteiger partial charge in [0.15, 0.2) is 5.84 Å². The van der Waals surface area contributed by atoms with Crippen molar-refractivity contribution in [3.63, 3.8) is 0 Å². The lowest BCUT2D eigenvalue weighted by Gasteiger charge is -2.44. The van der Waals surface area contributed by atoms with Gasteiger partial charge < -0.3 is 20.5 Å². The molecule has 1 aliphatic rings. The largest absolute Gasteiger partial charge is 0.490 e. The molecule has 150 valence electrons. The van der Waals surface area contributed by atoms with E-state index < -0.39 is 11.9 Å². The van der Waals surface area contributed by atoms with E-state index in [1.54, 1.807) is 30.3 Å². The van der Waals surface area contributed by atoms with Crippen LogP contribution in [0.2, 0.25) is 0 Å². The molecule has 0 aromatic heterocycles. The molecule has 1 aromatic rings. The van der Waals surface area contributed by atoms with E-state index >= 15 is 0 Å². The van der Waals surface area contributed by atoms with Gasteiger partial charge in [0.25, 0.3) is 0 Å². The van der Waals surface area contributed by atoms with Crippen molar-refractivity contribution in [2.24, 2.45) is 16.3 Å². The number of carbonyl (C=O) groups is 1. The maximum absolute atomic E-state index is 11.5. The zero-order valence-electron chi connectivity index (χ0n) is 16.3. The zero-order valence-corrected chi connectivity index (χ0v) is 16.3. The number of ether oxygens (including phenoxy) is 1. The molecule has 2 atom stereocenters. The van der Waals surface area contributed by atoms with Gasteiger partial charge in [0.1, 0.15) is 17.9 Å². The molecule has 1 aromatic carbocycles. The summed E-state index contributed by atoms with van der Waals surface area (Å²) in [5.74, 6) is 0.198. The van der Waals surface area contributed by atoms with Crippen LogP contribution < -0.4 is 15.9 Å². The van der Waals surface area contributed by atoms with Gasteiger partial charge in [-0.25, -0.2) is 4.79 Å². The van der Waals surface area contributed by atoms with Gasteiger partial charge in [0.2, 0.25) is 5.71 Å². The molecule has 2 rings (SSSR count). The average Bonchev–Trinajstić information content (AvgIpc) is 2.61. The van der Waals surface area contributed by atoms with E-state index in [0.717, 1.165) is 0 Å².